The lowest BCUT2D eigenvalue weighted by Crippen LogP contribution is -2.57. The number of carboxylic acid groups (broad SMARTS) is 1. The molecule has 1 amide bonds. The molecule has 2 N–H and O–H groups in total. The summed E-state index contributed by atoms with van der Waals surface area (Å²) in [5.74, 6) is -0.346. The molecule has 1 aromatic rings. The monoisotopic (exact) mass is 381 g/mol. The van der Waals surface area contributed by atoms with Gasteiger partial charge in [-0.05, 0) is 49.1 Å². The van der Waals surface area contributed by atoms with Crippen LogP contribution in [-0.2, 0) is 16.0 Å². The summed E-state index contributed by atoms with van der Waals surface area (Å²) in [6.45, 7) is 6.52. The fourth-order valence-electron chi connectivity index (χ4n) is 3.74. The third kappa shape index (κ3) is 4.50. The summed E-state index contributed by atoms with van der Waals surface area (Å²) >= 11 is 6.19. The first-order valence-corrected chi connectivity index (χ1v) is 9.32. The van der Waals surface area contributed by atoms with Crippen molar-refractivity contribution >= 4 is 23.5 Å². The van der Waals surface area contributed by atoms with Crippen LogP contribution in [0.5, 0.6) is 5.75 Å². The Labute approximate surface area is 160 Å². The van der Waals surface area contributed by atoms with Gasteiger partial charge in [-0.25, -0.2) is 4.79 Å². The van der Waals surface area contributed by atoms with Crippen LogP contribution in [0.1, 0.15) is 52.0 Å². The Bertz CT molecular complexity index is 673. The molecule has 5 nitrogen and oxygen atoms in total. The molecule has 0 aliphatic heterocycles. The van der Waals surface area contributed by atoms with Crippen molar-refractivity contribution in [3.63, 3.8) is 0 Å². The summed E-state index contributed by atoms with van der Waals surface area (Å²) in [6, 6.07) is 5.17. The first-order chi connectivity index (χ1) is 12.1. The number of aliphatic carboxylic acids is 1. The number of methoxy groups -OCH3 is 1. The van der Waals surface area contributed by atoms with Crippen LogP contribution in [0.3, 0.4) is 0 Å². The van der Waals surface area contributed by atoms with Crippen molar-refractivity contribution in [2.24, 2.45) is 11.3 Å². The molecular formula is C20H28ClNO4. The summed E-state index contributed by atoms with van der Waals surface area (Å²) in [5.41, 5.74) is -0.495. The molecule has 0 unspecified atom stereocenters. The second kappa shape index (κ2) is 7.87. The van der Waals surface area contributed by atoms with Crippen LogP contribution < -0.4 is 10.1 Å². The number of halogens is 1. The smallest absolute Gasteiger partial charge is 0.329 e. The van der Waals surface area contributed by atoms with Crippen molar-refractivity contribution in [1.29, 1.82) is 0 Å². The van der Waals surface area contributed by atoms with Gasteiger partial charge in [0, 0.05) is 10.6 Å². The molecule has 0 radical (unpaired) electrons. The number of hydrogen-bond acceptors (Lipinski definition) is 3. The van der Waals surface area contributed by atoms with Crippen LogP contribution >= 0.6 is 11.6 Å². The zero-order valence-electron chi connectivity index (χ0n) is 15.9. The Balaban J connectivity index is 2.12. The van der Waals surface area contributed by atoms with E-state index in [0.717, 1.165) is 12.8 Å². The van der Waals surface area contributed by atoms with Gasteiger partial charge in [-0.2, -0.15) is 0 Å². The second-order valence-corrected chi connectivity index (χ2v) is 8.58. The molecule has 0 heterocycles. The number of amides is 1. The van der Waals surface area contributed by atoms with Crippen LogP contribution in [0.15, 0.2) is 18.2 Å². The van der Waals surface area contributed by atoms with Gasteiger partial charge in [0.1, 0.15) is 11.3 Å². The minimum atomic E-state index is -1.20. The van der Waals surface area contributed by atoms with Crippen molar-refractivity contribution in [3.05, 3.63) is 28.8 Å². The lowest BCUT2D eigenvalue weighted by atomic mass is 9.67. The van der Waals surface area contributed by atoms with E-state index in [1.54, 1.807) is 18.2 Å². The van der Waals surface area contributed by atoms with Gasteiger partial charge in [0.2, 0.25) is 5.91 Å². The summed E-state index contributed by atoms with van der Waals surface area (Å²) in [7, 11) is 1.51. The molecule has 0 saturated heterocycles. The molecule has 26 heavy (non-hydrogen) atoms. The molecule has 1 saturated carbocycles. The van der Waals surface area contributed by atoms with Gasteiger partial charge >= 0.3 is 5.97 Å². The van der Waals surface area contributed by atoms with Crippen LogP contribution in [0.2, 0.25) is 5.02 Å². The molecule has 144 valence electrons. The zero-order valence-corrected chi connectivity index (χ0v) is 16.7. The first kappa shape index (κ1) is 20.6. The van der Waals surface area contributed by atoms with Crippen molar-refractivity contribution < 1.29 is 19.4 Å². The van der Waals surface area contributed by atoms with Gasteiger partial charge in [0.05, 0.1) is 13.5 Å². The Kier molecular flexibility index (Phi) is 6.22. The summed E-state index contributed by atoms with van der Waals surface area (Å²) in [6.07, 6.45) is 2.43. The highest BCUT2D eigenvalue weighted by Gasteiger charge is 2.45. The molecule has 1 aliphatic rings. The van der Waals surface area contributed by atoms with E-state index in [9.17, 15) is 14.7 Å². The number of benzene rings is 1. The minimum absolute atomic E-state index is 0.0133. The predicted molar refractivity (Wildman–Crippen MR) is 102 cm³/mol. The summed E-state index contributed by atoms with van der Waals surface area (Å²) in [4.78, 5) is 24.5. The SMILES string of the molecule is COc1cccc(Cl)c1CC(=O)NC1(C(=O)O)CCC(C(C)(C)C)CC1. The van der Waals surface area contributed by atoms with E-state index in [1.807, 2.05) is 0 Å². The normalized spacial score (nSPS) is 23.3. The molecular weight excluding hydrogens is 354 g/mol. The lowest BCUT2D eigenvalue weighted by molar-refractivity contribution is -0.150. The summed E-state index contributed by atoms with van der Waals surface area (Å²) in [5, 5.41) is 13.0. The fourth-order valence-corrected chi connectivity index (χ4v) is 3.97. The molecule has 0 atom stereocenters. The van der Waals surface area contributed by atoms with E-state index in [1.165, 1.54) is 7.11 Å². The molecule has 0 spiro atoms. The molecule has 1 aromatic carbocycles. The van der Waals surface area contributed by atoms with E-state index < -0.39 is 11.5 Å². The molecule has 1 fully saturated rings. The first-order valence-electron chi connectivity index (χ1n) is 8.95. The minimum Gasteiger partial charge on any atom is -0.496 e. The van der Waals surface area contributed by atoms with E-state index in [2.05, 4.69) is 26.1 Å². The van der Waals surface area contributed by atoms with Gasteiger partial charge < -0.3 is 15.2 Å². The van der Waals surface area contributed by atoms with Crippen LogP contribution in [0, 0.1) is 11.3 Å². The fraction of sp³-hybridized carbons (Fsp3) is 0.600. The Morgan fingerprint density at radius 3 is 2.42 bits per heavy atom. The largest absolute Gasteiger partial charge is 0.496 e. The number of hydrogen-bond donors (Lipinski definition) is 2. The quantitative estimate of drug-likeness (QED) is 0.806. The Morgan fingerprint density at radius 1 is 1.31 bits per heavy atom. The van der Waals surface area contributed by atoms with E-state index in [4.69, 9.17) is 16.3 Å². The average Bonchev–Trinajstić information content (AvgIpc) is 2.56. The van der Waals surface area contributed by atoms with E-state index in [0.29, 0.717) is 35.1 Å². The highest BCUT2D eigenvalue weighted by molar-refractivity contribution is 6.31. The lowest BCUT2D eigenvalue weighted by Gasteiger charge is -2.42. The highest BCUT2D eigenvalue weighted by atomic mass is 35.5. The van der Waals surface area contributed by atoms with E-state index in [-0.39, 0.29) is 17.7 Å². The maximum atomic E-state index is 12.6. The molecule has 0 aromatic heterocycles. The molecule has 6 heteroatoms. The van der Waals surface area contributed by atoms with E-state index >= 15 is 0 Å². The highest BCUT2D eigenvalue weighted by Crippen LogP contribution is 2.41. The van der Waals surface area contributed by atoms with Crippen molar-refractivity contribution in [2.75, 3.05) is 7.11 Å². The predicted octanol–water partition coefficient (Wildman–Crippen LogP) is 4.07. The molecule has 1 aliphatic carbocycles. The number of carbonyl (C=O) groups excluding carboxylic acids is 1. The zero-order chi connectivity index (χ0) is 19.5. The van der Waals surface area contributed by atoms with Gasteiger partial charge in [-0.1, -0.05) is 38.4 Å². The standard InChI is InChI=1S/C20H28ClNO4/c1-19(2,3)13-8-10-20(11-9-13,18(24)25)22-17(23)12-14-15(21)6-5-7-16(14)26-4/h5-7,13H,8-12H2,1-4H3,(H,22,23)(H,24,25). The maximum Gasteiger partial charge on any atom is 0.329 e. The third-order valence-electron chi connectivity index (χ3n) is 5.49. The average molecular weight is 382 g/mol. The van der Waals surface area contributed by atoms with Crippen molar-refractivity contribution in [1.82, 2.24) is 5.32 Å². The van der Waals surface area contributed by atoms with Gasteiger partial charge in [-0.15, -0.1) is 0 Å². The number of ether oxygens (including phenoxy) is 1. The summed E-state index contributed by atoms with van der Waals surface area (Å²) < 4.78 is 5.26. The van der Waals surface area contributed by atoms with Crippen LogP contribution in [-0.4, -0.2) is 29.6 Å². The molecule has 2 rings (SSSR count). The van der Waals surface area contributed by atoms with Gasteiger partial charge in [0.25, 0.3) is 0 Å². The van der Waals surface area contributed by atoms with Crippen LogP contribution in [0.25, 0.3) is 0 Å². The number of nitrogens with one attached hydrogen (secondary N) is 1. The maximum absolute atomic E-state index is 12.6. The van der Waals surface area contributed by atoms with Crippen molar-refractivity contribution in [2.45, 2.75) is 58.4 Å². The third-order valence-corrected chi connectivity index (χ3v) is 5.84. The second-order valence-electron chi connectivity index (χ2n) is 8.17. The topological polar surface area (TPSA) is 75.6 Å². The van der Waals surface area contributed by atoms with Gasteiger partial charge in [-0.3, -0.25) is 4.79 Å². The van der Waals surface area contributed by atoms with Crippen LogP contribution in [0.4, 0.5) is 0 Å². The number of carboxylic acids is 1. The van der Waals surface area contributed by atoms with Crippen molar-refractivity contribution in [3.8, 4) is 5.75 Å². The van der Waals surface area contributed by atoms with Gasteiger partial charge in [0.15, 0.2) is 0 Å². The Morgan fingerprint density at radius 2 is 1.92 bits per heavy atom. The number of carbonyl (C=O) groups is 2. The number of rotatable bonds is 5. The molecule has 0 bridgehead atoms. The Hall–Kier alpha value is -1.75.